The zero-order valence-electron chi connectivity index (χ0n) is 9.64. The van der Waals surface area contributed by atoms with Crippen molar-refractivity contribution in [3.05, 3.63) is 35.9 Å². The van der Waals surface area contributed by atoms with Gasteiger partial charge in [-0.05, 0) is 0 Å². The fraction of sp³-hybridized carbons (Fsp3) is 0.400. The molecule has 4 nitrogen and oxygen atoms in total. The van der Waals surface area contributed by atoms with Crippen LogP contribution in [-0.2, 0) is 19.0 Å². The maximum absolute atomic E-state index is 13.1. The summed E-state index contributed by atoms with van der Waals surface area (Å²) in [5.74, 6) is 0. The van der Waals surface area contributed by atoms with Gasteiger partial charge < -0.3 is 14.2 Å². The Labute approximate surface area is 102 Å². The normalized spacial score (nSPS) is 16.3. The molecule has 0 spiro atoms. The van der Waals surface area contributed by atoms with Crippen LogP contribution in [0.15, 0.2) is 30.3 Å². The van der Waals surface area contributed by atoms with Gasteiger partial charge in [-0.3, -0.25) is 4.57 Å². The van der Waals surface area contributed by atoms with E-state index in [1.54, 1.807) is 0 Å². The lowest BCUT2D eigenvalue weighted by atomic mass is 10.1. The van der Waals surface area contributed by atoms with Crippen LogP contribution in [-0.4, -0.2) is 25.5 Å². The van der Waals surface area contributed by atoms with E-state index in [0.29, 0.717) is 0 Å². The molecule has 102 valence electrons. The SMILES string of the molecule is COP(=O)(OC)C(O)(c1ccccc1)C(F)(F)F. The Balaban J connectivity index is 3.52. The molecule has 0 heterocycles. The second-order valence-electron chi connectivity index (χ2n) is 3.40. The quantitative estimate of drug-likeness (QED) is 0.864. The van der Waals surface area contributed by atoms with Gasteiger partial charge in [0.1, 0.15) is 0 Å². The zero-order chi connectivity index (χ0) is 14.0. The molecule has 18 heavy (non-hydrogen) atoms. The predicted molar refractivity (Wildman–Crippen MR) is 58.0 cm³/mol. The Hall–Kier alpha value is -0.880. The summed E-state index contributed by atoms with van der Waals surface area (Å²) in [5.41, 5.74) is -0.607. The van der Waals surface area contributed by atoms with Crippen molar-refractivity contribution in [2.45, 2.75) is 11.5 Å². The van der Waals surface area contributed by atoms with Crippen LogP contribution in [0.25, 0.3) is 0 Å². The molecule has 1 rings (SSSR count). The van der Waals surface area contributed by atoms with Crippen molar-refractivity contribution < 1.29 is 31.9 Å². The fourth-order valence-corrected chi connectivity index (χ4v) is 2.94. The predicted octanol–water partition coefficient (Wildman–Crippen LogP) is 2.88. The van der Waals surface area contributed by atoms with Crippen LogP contribution in [0.4, 0.5) is 13.2 Å². The van der Waals surface area contributed by atoms with Gasteiger partial charge in [0.25, 0.3) is 5.34 Å². The van der Waals surface area contributed by atoms with Gasteiger partial charge in [-0.2, -0.15) is 13.2 Å². The monoisotopic (exact) mass is 284 g/mol. The lowest BCUT2D eigenvalue weighted by Crippen LogP contribution is -2.42. The molecular formula is C10H12F3O4P. The van der Waals surface area contributed by atoms with Crippen molar-refractivity contribution in [3.8, 4) is 0 Å². The van der Waals surface area contributed by atoms with Crippen molar-refractivity contribution in [1.82, 2.24) is 0 Å². The third-order valence-corrected chi connectivity index (χ3v) is 4.71. The summed E-state index contributed by atoms with van der Waals surface area (Å²) in [6.45, 7) is 0. The molecule has 0 saturated carbocycles. The summed E-state index contributed by atoms with van der Waals surface area (Å²) < 4.78 is 59.8. The number of aliphatic hydroxyl groups is 1. The van der Waals surface area contributed by atoms with E-state index < -0.39 is 24.7 Å². The summed E-state index contributed by atoms with van der Waals surface area (Å²) in [6, 6.07) is 6.02. The molecular weight excluding hydrogens is 272 g/mol. The average molecular weight is 284 g/mol. The Kier molecular flexibility index (Phi) is 4.23. The van der Waals surface area contributed by atoms with E-state index in [-0.39, 0.29) is 0 Å². The topological polar surface area (TPSA) is 55.8 Å². The van der Waals surface area contributed by atoms with E-state index in [1.165, 1.54) is 18.2 Å². The van der Waals surface area contributed by atoms with Crippen molar-refractivity contribution >= 4 is 7.60 Å². The highest BCUT2D eigenvalue weighted by molar-refractivity contribution is 7.55. The zero-order valence-corrected chi connectivity index (χ0v) is 10.5. The molecule has 1 aromatic rings. The first-order valence-corrected chi connectivity index (χ1v) is 6.33. The molecule has 0 radical (unpaired) electrons. The van der Waals surface area contributed by atoms with Gasteiger partial charge in [-0.25, -0.2) is 0 Å². The van der Waals surface area contributed by atoms with Crippen LogP contribution in [0.5, 0.6) is 0 Å². The minimum absolute atomic E-state index is 0.607. The van der Waals surface area contributed by atoms with Gasteiger partial charge in [-0.15, -0.1) is 0 Å². The molecule has 0 fully saturated rings. The van der Waals surface area contributed by atoms with Crippen molar-refractivity contribution in [2.24, 2.45) is 0 Å². The standard InChI is InChI=1S/C10H12F3O4P/c1-16-18(15,17-2)9(14,10(11,12)13)8-6-4-3-5-7-8/h3-7,14H,1-2H3. The molecule has 1 unspecified atom stereocenters. The van der Waals surface area contributed by atoms with Crippen molar-refractivity contribution in [3.63, 3.8) is 0 Å². The van der Waals surface area contributed by atoms with Gasteiger partial charge in [-0.1, -0.05) is 30.3 Å². The fourth-order valence-electron chi connectivity index (χ4n) is 1.49. The lowest BCUT2D eigenvalue weighted by molar-refractivity contribution is -0.236. The first-order chi connectivity index (χ1) is 8.23. The average Bonchev–Trinajstić information content (AvgIpc) is 2.36. The molecule has 1 aromatic carbocycles. The maximum atomic E-state index is 13.1. The summed E-state index contributed by atoms with van der Waals surface area (Å²) in [6.07, 6.45) is -5.21. The summed E-state index contributed by atoms with van der Waals surface area (Å²) >= 11 is 0. The third-order valence-electron chi connectivity index (χ3n) is 2.45. The summed E-state index contributed by atoms with van der Waals surface area (Å²) in [5, 5.41) is 6.20. The van der Waals surface area contributed by atoms with Gasteiger partial charge in [0.15, 0.2) is 0 Å². The highest BCUT2D eigenvalue weighted by Gasteiger charge is 2.68. The molecule has 0 bridgehead atoms. The molecule has 0 saturated heterocycles. The third kappa shape index (κ3) is 2.19. The van der Waals surface area contributed by atoms with Crippen LogP contribution < -0.4 is 0 Å². The highest BCUT2D eigenvalue weighted by atomic mass is 31.2. The summed E-state index contributed by atoms with van der Waals surface area (Å²) in [7, 11) is -3.25. The van der Waals surface area contributed by atoms with Gasteiger partial charge >= 0.3 is 13.8 Å². The molecule has 0 aliphatic heterocycles. The molecule has 0 aliphatic carbocycles. The maximum Gasteiger partial charge on any atom is 0.433 e. The van der Waals surface area contributed by atoms with Crippen LogP contribution in [0.2, 0.25) is 0 Å². The van der Waals surface area contributed by atoms with Gasteiger partial charge in [0.2, 0.25) is 0 Å². The van der Waals surface area contributed by atoms with Crippen molar-refractivity contribution in [2.75, 3.05) is 14.2 Å². The molecule has 1 N–H and O–H groups in total. The van der Waals surface area contributed by atoms with Crippen LogP contribution in [0.3, 0.4) is 0 Å². The molecule has 0 aromatic heterocycles. The van der Waals surface area contributed by atoms with Crippen LogP contribution in [0.1, 0.15) is 5.56 Å². The Morgan fingerprint density at radius 3 is 1.89 bits per heavy atom. The second kappa shape index (κ2) is 5.01. The lowest BCUT2D eigenvalue weighted by Gasteiger charge is -2.34. The van der Waals surface area contributed by atoms with E-state index in [0.717, 1.165) is 26.4 Å². The van der Waals surface area contributed by atoms with Gasteiger partial charge in [0.05, 0.1) is 0 Å². The number of alkyl halides is 3. The first-order valence-electron chi connectivity index (χ1n) is 4.79. The summed E-state index contributed by atoms with van der Waals surface area (Å²) in [4.78, 5) is 0. The first kappa shape index (κ1) is 15.2. The number of hydrogen-bond acceptors (Lipinski definition) is 4. The minimum atomic E-state index is -5.21. The Bertz CT molecular complexity index is 440. The van der Waals surface area contributed by atoms with Crippen molar-refractivity contribution in [1.29, 1.82) is 0 Å². The molecule has 1 atom stereocenters. The number of benzene rings is 1. The number of halogens is 3. The molecule has 8 heteroatoms. The van der Waals surface area contributed by atoms with E-state index in [1.807, 2.05) is 0 Å². The van der Waals surface area contributed by atoms with E-state index in [2.05, 4.69) is 9.05 Å². The van der Waals surface area contributed by atoms with Gasteiger partial charge in [0, 0.05) is 19.8 Å². The largest absolute Gasteiger partial charge is 0.433 e. The van der Waals surface area contributed by atoms with E-state index in [4.69, 9.17) is 0 Å². The smallest absolute Gasteiger partial charge is 0.366 e. The second-order valence-corrected chi connectivity index (χ2v) is 5.77. The van der Waals surface area contributed by atoms with Crippen LogP contribution >= 0.6 is 7.60 Å². The number of rotatable bonds is 4. The van der Waals surface area contributed by atoms with E-state index >= 15 is 0 Å². The van der Waals surface area contributed by atoms with E-state index in [9.17, 15) is 22.8 Å². The number of hydrogen-bond donors (Lipinski definition) is 1. The highest BCUT2D eigenvalue weighted by Crippen LogP contribution is 2.68. The molecule has 0 aliphatic rings. The van der Waals surface area contributed by atoms with Crippen LogP contribution in [0, 0.1) is 0 Å². The minimum Gasteiger partial charge on any atom is -0.366 e. The Morgan fingerprint density at radius 1 is 1.11 bits per heavy atom. The molecule has 0 amide bonds. The Morgan fingerprint density at radius 2 is 1.56 bits per heavy atom.